The largest absolute Gasteiger partial charge is 0.377 e. The number of amides is 2. The number of nitrogens with zero attached hydrogens (tertiary/aromatic N) is 7. The van der Waals surface area contributed by atoms with Crippen LogP contribution in [0.25, 0.3) is 11.4 Å². The van der Waals surface area contributed by atoms with E-state index in [2.05, 4.69) is 15.4 Å². The van der Waals surface area contributed by atoms with Gasteiger partial charge in [-0.25, -0.2) is 0 Å². The van der Waals surface area contributed by atoms with E-state index in [1.165, 1.54) is 4.52 Å². The second-order valence-electron chi connectivity index (χ2n) is 11.2. The van der Waals surface area contributed by atoms with Crippen molar-refractivity contribution in [3.05, 3.63) is 86.3 Å². The van der Waals surface area contributed by atoms with Gasteiger partial charge in [-0.05, 0) is 67.7 Å². The molecule has 13 heteroatoms. The minimum Gasteiger partial charge on any atom is -0.377 e. The first kappa shape index (κ1) is 37.3. The molecule has 49 heavy (non-hydrogen) atoms. The number of anilines is 2. The number of hydrogen-bond donors (Lipinski definition) is 1. The van der Waals surface area contributed by atoms with E-state index in [0.717, 1.165) is 16.7 Å². The molecule has 1 N–H and O–H groups in total. The number of carbonyl (C=O) groups is 2. The summed E-state index contributed by atoms with van der Waals surface area (Å²) in [6.45, 7) is 16.3. The van der Waals surface area contributed by atoms with Crippen LogP contribution in [0.4, 0.5) is 11.4 Å². The summed E-state index contributed by atoms with van der Waals surface area (Å²) in [5.74, 6) is 0.318. The number of rotatable bonds is 7. The minimum absolute atomic E-state index is 0.0944. The average molecular weight is 691 g/mol. The highest BCUT2D eigenvalue weighted by Crippen LogP contribution is 2.24. The highest BCUT2D eigenvalue weighted by Gasteiger charge is 2.29. The zero-order chi connectivity index (χ0) is 35.7. The predicted octanol–water partition coefficient (Wildman–Crippen LogP) is 5.58. The van der Waals surface area contributed by atoms with Gasteiger partial charge < -0.3 is 24.4 Å². The molecule has 262 valence electrons. The number of pyridine rings is 1. The summed E-state index contributed by atoms with van der Waals surface area (Å²) in [4.78, 5) is 53.6. The second-order valence-corrected chi connectivity index (χ2v) is 11.6. The van der Waals surface area contributed by atoms with E-state index in [1.54, 1.807) is 33.9 Å². The smallest absolute Gasteiger partial charge is 0.299 e. The molecular weight excluding hydrogens is 644 g/mol. The molecule has 12 nitrogen and oxygen atoms in total. The maximum atomic E-state index is 14.0. The van der Waals surface area contributed by atoms with Crippen LogP contribution in [-0.4, -0.2) is 80.3 Å². The number of aromatic nitrogens is 5. The molecule has 3 aromatic heterocycles. The van der Waals surface area contributed by atoms with Crippen molar-refractivity contribution in [1.29, 1.82) is 0 Å². The molecule has 2 aliphatic rings. The van der Waals surface area contributed by atoms with Gasteiger partial charge >= 0.3 is 0 Å². The summed E-state index contributed by atoms with van der Waals surface area (Å²) in [6, 6.07) is 9.02. The average Bonchev–Trinajstić information content (AvgIpc) is 3.59. The molecule has 1 aromatic carbocycles. The summed E-state index contributed by atoms with van der Waals surface area (Å²) in [5.41, 5.74) is 4.44. The molecular formula is C36H47ClN8O4. The number of piperazine rings is 1. The molecule has 1 saturated heterocycles. The molecule has 4 aromatic rings. The fourth-order valence-electron chi connectivity index (χ4n) is 5.87. The fraction of sp³-hybridized carbons (Fsp3) is 0.444. The van der Waals surface area contributed by atoms with E-state index in [1.807, 2.05) is 71.6 Å². The minimum atomic E-state index is -0.322. The first-order chi connectivity index (χ1) is 23.7. The standard InChI is InChI=1S/C32H35ClN8O4.2C2H6/c1-4-22-6-5-11-34-27(22)30(43)39-14-12-38(13-15-39)28-21(3)40(19-26(42)35-25-8-7-24(33)18-20(25)2)32-36-29(37-41(32)31(28)44)23-9-16-45-17-10-23;2*1-2/h5-9,11,18H,4,10,12-17,19H2,1-3H3,(H,35,42);2*1-2H3. The summed E-state index contributed by atoms with van der Waals surface area (Å²) in [5, 5.41) is 8.15. The molecule has 0 saturated carbocycles. The zero-order valence-corrected chi connectivity index (χ0v) is 30.3. The Morgan fingerprint density at radius 2 is 1.78 bits per heavy atom. The Kier molecular flexibility index (Phi) is 13.1. The Morgan fingerprint density at radius 3 is 2.43 bits per heavy atom. The number of halogens is 1. The van der Waals surface area contributed by atoms with E-state index in [0.29, 0.717) is 85.8 Å². The van der Waals surface area contributed by atoms with Gasteiger partial charge in [0.1, 0.15) is 17.9 Å². The zero-order valence-electron chi connectivity index (χ0n) is 29.5. The molecule has 0 atom stereocenters. The van der Waals surface area contributed by atoms with Crippen LogP contribution in [0.2, 0.25) is 5.02 Å². The van der Waals surface area contributed by atoms with Gasteiger partial charge in [0.2, 0.25) is 11.7 Å². The van der Waals surface area contributed by atoms with Crippen molar-refractivity contribution >= 4 is 46.1 Å². The molecule has 0 unspecified atom stereocenters. The van der Waals surface area contributed by atoms with Gasteiger partial charge in [0.25, 0.3) is 11.5 Å². The van der Waals surface area contributed by atoms with E-state index in [-0.39, 0.29) is 29.7 Å². The van der Waals surface area contributed by atoms with Crippen LogP contribution >= 0.6 is 11.6 Å². The monoisotopic (exact) mass is 690 g/mol. The lowest BCUT2D eigenvalue weighted by Gasteiger charge is -2.36. The normalized spacial score (nSPS) is 14.3. The third-order valence-electron chi connectivity index (χ3n) is 8.35. The lowest BCUT2D eigenvalue weighted by molar-refractivity contribution is -0.116. The third kappa shape index (κ3) is 8.19. The highest BCUT2D eigenvalue weighted by molar-refractivity contribution is 6.30. The summed E-state index contributed by atoms with van der Waals surface area (Å²) < 4.78 is 8.46. The third-order valence-corrected chi connectivity index (χ3v) is 8.58. The van der Waals surface area contributed by atoms with Crippen LogP contribution in [0, 0.1) is 13.8 Å². The van der Waals surface area contributed by atoms with Gasteiger partial charge in [-0.3, -0.25) is 19.4 Å². The number of ether oxygens (including phenoxy) is 1. The number of hydrogen-bond acceptors (Lipinski definition) is 8. The molecule has 0 radical (unpaired) electrons. The molecule has 0 bridgehead atoms. The van der Waals surface area contributed by atoms with Gasteiger partial charge in [0.15, 0.2) is 5.82 Å². The molecule has 0 aliphatic carbocycles. The highest BCUT2D eigenvalue weighted by atomic mass is 35.5. The van der Waals surface area contributed by atoms with Crippen LogP contribution in [0.15, 0.2) is 47.4 Å². The van der Waals surface area contributed by atoms with Gasteiger partial charge in [-0.1, -0.05) is 58.4 Å². The Hall–Kier alpha value is -4.55. The van der Waals surface area contributed by atoms with Gasteiger partial charge in [0.05, 0.1) is 13.2 Å². The Morgan fingerprint density at radius 1 is 1.04 bits per heavy atom. The first-order valence-electron chi connectivity index (χ1n) is 17.1. The van der Waals surface area contributed by atoms with Crippen molar-refractivity contribution in [3.8, 4) is 0 Å². The topological polar surface area (TPSA) is 127 Å². The van der Waals surface area contributed by atoms with Crippen molar-refractivity contribution in [1.82, 2.24) is 29.0 Å². The molecule has 5 heterocycles. The number of carbonyl (C=O) groups excluding carboxylic acids is 2. The van der Waals surface area contributed by atoms with Crippen molar-refractivity contribution in [2.45, 2.75) is 67.9 Å². The van der Waals surface area contributed by atoms with Crippen molar-refractivity contribution in [3.63, 3.8) is 0 Å². The summed E-state index contributed by atoms with van der Waals surface area (Å²) in [6.07, 6.45) is 4.89. The number of fused-ring (bicyclic) bond motifs is 1. The Balaban J connectivity index is 0.00000130. The van der Waals surface area contributed by atoms with Crippen molar-refractivity contribution in [2.75, 3.05) is 49.6 Å². The fourth-order valence-corrected chi connectivity index (χ4v) is 6.09. The number of nitrogens with one attached hydrogen (secondary N) is 1. The number of benzene rings is 1. The Bertz CT molecular complexity index is 1870. The van der Waals surface area contributed by atoms with E-state index < -0.39 is 0 Å². The Labute approximate surface area is 292 Å². The molecule has 0 spiro atoms. The number of aryl methyl sites for hydroxylation is 2. The maximum absolute atomic E-state index is 14.0. The predicted molar refractivity (Wildman–Crippen MR) is 195 cm³/mol. The van der Waals surface area contributed by atoms with Crippen molar-refractivity contribution in [2.24, 2.45) is 0 Å². The van der Waals surface area contributed by atoms with Gasteiger partial charge in [-0.2, -0.15) is 9.50 Å². The molecule has 6 rings (SSSR count). The van der Waals surface area contributed by atoms with E-state index in [4.69, 9.17) is 21.3 Å². The van der Waals surface area contributed by atoms with Crippen LogP contribution in [-0.2, 0) is 22.5 Å². The van der Waals surface area contributed by atoms with Gasteiger partial charge in [-0.15, -0.1) is 5.10 Å². The maximum Gasteiger partial charge on any atom is 0.299 e. The van der Waals surface area contributed by atoms with Gasteiger partial charge in [0, 0.05) is 48.8 Å². The summed E-state index contributed by atoms with van der Waals surface area (Å²) in [7, 11) is 0. The van der Waals surface area contributed by atoms with Crippen LogP contribution in [0.5, 0.6) is 0 Å². The van der Waals surface area contributed by atoms with Crippen LogP contribution in [0.1, 0.15) is 74.2 Å². The van der Waals surface area contributed by atoms with E-state index >= 15 is 0 Å². The SMILES string of the molecule is CC.CC.CCc1cccnc1C(=O)N1CCN(c2c(C)n(CC(=O)Nc3ccc(Cl)cc3C)c3nc(C4=CCOCC4)nn3c2=O)CC1. The molecule has 1 fully saturated rings. The van der Waals surface area contributed by atoms with E-state index in [9.17, 15) is 14.4 Å². The molecule has 2 amide bonds. The summed E-state index contributed by atoms with van der Waals surface area (Å²) >= 11 is 6.11. The quantitative estimate of drug-likeness (QED) is 0.267. The lowest BCUT2D eigenvalue weighted by Crippen LogP contribution is -2.51. The van der Waals surface area contributed by atoms with Crippen LogP contribution < -0.4 is 15.8 Å². The lowest BCUT2D eigenvalue weighted by atomic mass is 10.1. The second kappa shape index (κ2) is 17.2. The van der Waals surface area contributed by atoms with Crippen molar-refractivity contribution < 1.29 is 14.3 Å². The first-order valence-corrected chi connectivity index (χ1v) is 17.4. The van der Waals surface area contributed by atoms with Crippen LogP contribution in [0.3, 0.4) is 0 Å². The molecule has 2 aliphatic heterocycles.